The number of benzene rings is 1. The highest BCUT2D eigenvalue weighted by atomic mass is 19.1. The van der Waals surface area contributed by atoms with Gasteiger partial charge in [-0.05, 0) is 32.0 Å². The third-order valence-corrected chi connectivity index (χ3v) is 3.98. The van der Waals surface area contributed by atoms with Gasteiger partial charge in [-0.2, -0.15) is 9.37 Å². The van der Waals surface area contributed by atoms with Crippen LogP contribution in [0.5, 0.6) is 11.6 Å². The number of rotatable bonds is 3. The maximum Gasteiger partial charge on any atom is 0.242 e. The van der Waals surface area contributed by atoms with Crippen LogP contribution in [0.15, 0.2) is 55.0 Å². The Labute approximate surface area is 143 Å². The Hall–Kier alpha value is -3.28. The molecular weight excluding hydrogens is 319 g/mol. The van der Waals surface area contributed by atoms with Gasteiger partial charge < -0.3 is 4.74 Å². The number of fused-ring (bicyclic) bond motifs is 1. The fraction of sp³-hybridized carbons (Fsp3) is 0.105. The zero-order valence-corrected chi connectivity index (χ0v) is 13.8. The molecule has 0 fully saturated rings. The lowest BCUT2D eigenvalue weighted by atomic mass is 10.1. The van der Waals surface area contributed by atoms with E-state index in [1.807, 2.05) is 47.9 Å². The number of imidazole rings is 1. The van der Waals surface area contributed by atoms with Crippen molar-refractivity contribution in [3.05, 3.63) is 72.2 Å². The smallest absolute Gasteiger partial charge is 0.242 e. The zero-order chi connectivity index (χ0) is 17.4. The first-order valence-electron chi connectivity index (χ1n) is 7.82. The molecule has 0 amide bonds. The molecule has 1 aromatic carbocycles. The normalized spacial score (nSPS) is 11.0. The maximum atomic E-state index is 13.4. The second-order valence-electron chi connectivity index (χ2n) is 5.76. The van der Waals surface area contributed by atoms with Gasteiger partial charge in [0.1, 0.15) is 5.75 Å². The van der Waals surface area contributed by atoms with Crippen molar-refractivity contribution in [2.24, 2.45) is 0 Å². The molecule has 0 saturated carbocycles. The molecule has 0 saturated heterocycles. The number of halogens is 1. The molecule has 0 aliphatic heterocycles. The van der Waals surface area contributed by atoms with Crippen molar-refractivity contribution in [1.29, 1.82) is 0 Å². The van der Waals surface area contributed by atoms with Gasteiger partial charge in [-0.25, -0.2) is 9.97 Å². The molecule has 0 unspecified atom stereocenters. The molecule has 0 aliphatic carbocycles. The first-order valence-corrected chi connectivity index (χ1v) is 7.82. The van der Waals surface area contributed by atoms with Crippen LogP contribution in [-0.2, 0) is 0 Å². The van der Waals surface area contributed by atoms with E-state index < -0.39 is 5.95 Å². The minimum absolute atomic E-state index is 0.463. The largest absolute Gasteiger partial charge is 0.437 e. The molecule has 25 heavy (non-hydrogen) atoms. The quantitative estimate of drug-likeness (QED) is 0.523. The van der Waals surface area contributed by atoms with E-state index in [-0.39, 0.29) is 0 Å². The summed E-state index contributed by atoms with van der Waals surface area (Å²) in [6, 6.07) is 11.2. The minimum atomic E-state index is -0.463. The number of ether oxygens (including phenoxy) is 1. The predicted molar refractivity (Wildman–Crippen MR) is 92.2 cm³/mol. The lowest BCUT2D eigenvalue weighted by Crippen LogP contribution is -1.94. The zero-order valence-electron chi connectivity index (χ0n) is 13.8. The Kier molecular flexibility index (Phi) is 3.65. The third-order valence-electron chi connectivity index (χ3n) is 3.98. The van der Waals surface area contributed by atoms with E-state index in [0.29, 0.717) is 23.0 Å². The van der Waals surface area contributed by atoms with Crippen molar-refractivity contribution < 1.29 is 9.13 Å². The number of nitrogens with zero attached hydrogens (tertiary/aromatic N) is 4. The maximum absolute atomic E-state index is 13.4. The highest BCUT2D eigenvalue weighted by Crippen LogP contribution is 2.26. The highest BCUT2D eigenvalue weighted by Gasteiger charge is 2.13. The van der Waals surface area contributed by atoms with Crippen LogP contribution in [0, 0.1) is 19.8 Å². The van der Waals surface area contributed by atoms with E-state index in [1.54, 1.807) is 19.2 Å². The molecule has 6 heteroatoms. The molecule has 0 radical (unpaired) electrons. The lowest BCUT2D eigenvalue weighted by Gasteiger charge is -2.05. The van der Waals surface area contributed by atoms with Gasteiger partial charge in [-0.3, -0.25) is 4.40 Å². The average Bonchev–Trinajstić information content (AvgIpc) is 2.94. The molecule has 0 atom stereocenters. The van der Waals surface area contributed by atoms with E-state index in [2.05, 4.69) is 15.0 Å². The topological polar surface area (TPSA) is 52.3 Å². The minimum Gasteiger partial charge on any atom is -0.437 e. The van der Waals surface area contributed by atoms with Crippen molar-refractivity contribution in [1.82, 2.24) is 19.4 Å². The standard InChI is InChI=1S/C19H15FN4O/c1-12-8-14(9-21-17(12)20)15-10-22-19-23-18(13(2)24(19)11-15)25-16-6-4-3-5-7-16/h3-11H,1-2H3. The molecule has 0 N–H and O–H groups in total. The Balaban J connectivity index is 1.75. The van der Waals surface area contributed by atoms with Crippen LogP contribution in [0.2, 0.25) is 0 Å². The molecule has 3 aromatic heterocycles. The fourth-order valence-electron chi connectivity index (χ4n) is 2.59. The average molecular weight is 334 g/mol. The number of aromatic nitrogens is 4. The Morgan fingerprint density at radius 3 is 2.52 bits per heavy atom. The van der Waals surface area contributed by atoms with Crippen LogP contribution in [0.3, 0.4) is 0 Å². The number of para-hydroxylation sites is 1. The van der Waals surface area contributed by atoms with Crippen molar-refractivity contribution in [3.63, 3.8) is 0 Å². The van der Waals surface area contributed by atoms with Gasteiger partial charge in [0.2, 0.25) is 17.6 Å². The highest BCUT2D eigenvalue weighted by molar-refractivity contribution is 5.62. The summed E-state index contributed by atoms with van der Waals surface area (Å²) in [6.45, 7) is 3.60. The first-order chi connectivity index (χ1) is 12.1. The Morgan fingerprint density at radius 2 is 1.76 bits per heavy atom. The summed E-state index contributed by atoms with van der Waals surface area (Å²) in [4.78, 5) is 12.6. The van der Waals surface area contributed by atoms with E-state index in [9.17, 15) is 4.39 Å². The monoisotopic (exact) mass is 334 g/mol. The van der Waals surface area contributed by atoms with Crippen LogP contribution in [-0.4, -0.2) is 19.4 Å². The molecule has 4 aromatic rings. The van der Waals surface area contributed by atoms with Crippen LogP contribution in [0.4, 0.5) is 4.39 Å². The first kappa shape index (κ1) is 15.3. The van der Waals surface area contributed by atoms with Crippen LogP contribution in [0.25, 0.3) is 16.9 Å². The van der Waals surface area contributed by atoms with Crippen molar-refractivity contribution in [3.8, 4) is 22.8 Å². The second-order valence-corrected chi connectivity index (χ2v) is 5.76. The van der Waals surface area contributed by atoms with E-state index in [1.165, 1.54) is 6.20 Å². The summed E-state index contributed by atoms with van der Waals surface area (Å²) in [5.74, 6) is 1.30. The van der Waals surface area contributed by atoms with Crippen molar-refractivity contribution in [2.45, 2.75) is 13.8 Å². The molecule has 0 spiro atoms. The number of aryl methyl sites for hydroxylation is 2. The molecule has 4 rings (SSSR count). The van der Waals surface area contributed by atoms with E-state index in [0.717, 1.165) is 16.8 Å². The van der Waals surface area contributed by atoms with Gasteiger partial charge in [0, 0.05) is 35.3 Å². The van der Waals surface area contributed by atoms with Crippen LogP contribution in [0.1, 0.15) is 11.3 Å². The lowest BCUT2D eigenvalue weighted by molar-refractivity contribution is 0.462. The van der Waals surface area contributed by atoms with Crippen molar-refractivity contribution >= 4 is 5.78 Å². The summed E-state index contributed by atoms with van der Waals surface area (Å²) >= 11 is 0. The summed E-state index contributed by atoms with van der Waals surface area (Å²) in [5.41, 5.74) is 2.95. The van der Waals surface area contributed by atoms with Gasteiger partial charge >= 0.3 is 0 Å². The van der Waals surface area contributed by atoms with Crippen LogP contribution >= 0.6 is 0 Å². The fourth-order valence-corrected chi connectivity index (χ4v) is 2.59. The summed E-state index contributed by atoms with van der Waals surface area (Å²) in [5, 5.41) is 0. The van der Waals surface area contributed by atoms with Gasteiger partial charge in [0.15, 0.2) is 0 Å². The molecule has 5 nitrogen and oxygen atoms in total. The number of hydrogen-bond donors (Lipinski definition) is 0. The third kappa shape index (κ3) is 2.82. The summed E-state index contributed by atoms with van der Waals surface area (Å²) in [6.07, 6.45) is 5.10. The number of pyridine rings is 1. The van der Waals surface area contributed by atoms with Gasteiger partial charge in [0.25, 0.3) is 0 Å². The summed E-state index contributed by atoms with van der Waals surface area (Å²) in [7, 11) is 0. The molecule has 0 bridgehead atoms. The van der Waals surface area contributed by atoms with E-state index >= 15 is 0 Å². The van der Waals surface area contributed by atoms with Gasteiger partial charge in [0.05, 0.1) is 5.69 Å². The van der Waals surface area contributed by atoms with Gasteiger partial charge in [-0.1, -0.05) is 18.2 Å². The van der Waals surface area contributed by atoms with Gasteiger partial charge in [-0.15, -0.1) is 0 Å². The predicted octanol–water partition coefficient (Wildman–Crippen LogP) is 4.34. The Morgan fingerprint density at radius 1 is 1.00 bits per heavy atom. The molecule has 3 heterocycles. The van der Waals surface area contributed by atoms with Crippen molar-refractivity contribution in [2.75, 3.05) is 0 Å². The van der Waals surface area contributed by atoms with Crippen LogP contribution < -0.4 is 4.74 Å². The second kappa shape index (κ2) is 5.98. The SMILES string of the molecule is Cc1cc(-c2cnc3nc(Oc4ccccc4)c(C)n3c2)cnc1F. The molecular formula is C19H15FN4O. The Bertz CT molecular complexity index is 1060. The summed E-state index contributed by atoms with van der Waals surface area (Å²) < 4.78 is 21.1. The molecule has 0 aliphatic rings. The molecule has 124 valence electrons. The van der Waals surface area contributed by atoms with E-state index in [4.69, 9.17) is 4.74 Å². The number of hydrogen-bond acceptors (Lipinski definition) is 4.